The van der Waals surface area contributed by atoms with Crippen LogP contribution in [0, 0.1) is 0 Å². The fourth-order valence-corrected chi connectivity index (χ4v) is 3.53. The Kier molecular flexibility index (Phi) is 5.37. The topological polar surface area (TPSA) is 47.0 Å². The summed E-state index contributed by atoms with van der Waals surface area (Å²) in [6.07, 6.45) is -1.16. The third-order valence-electron chi connectivity index (χ3n) is 4.06. The van der Waals surface area contributed by atoms with Crippen LogP contribution in [0.25, 0.3) is 0 Å². The Balaban J connectivity index is 1.66. The molecule has 1 fully saturated rings. The van der Waals surface area contributed by atoms with Crippen LogP contribution < -0.4 is 4.90 Å². The highest BCUT2D eigenvalue weighted by molar-refractivity contribution is 14.1. The van der Waals surface area contributed by atoms with Gasteiger partial charge in [-0.2, -0.15) is 0 Å². The lowest BCUT2D eigenvalue weighted by Gasteiger charge is -2.33. The number of hydrogen-bond acceptors (Lipinski definition) is 4. The highest BCUT2D eigenvalue weighted by atomic mass is 127. The fourth-order valence-electron chi connectivity index (χ4n) is 2.70. The van der Waals surface area contributed by atoms with E-state index in [1.165, 1.54) is 10.6 Å². The number of nitrogens with zero attached hydrogens (tertiary/aromatic N) is 3. The highest BCUT2D eigenvalue weighted by Gasteiger charge is 2.36. The highest BCUT2D eigenvalue weighted by Crippen LogP contribution is 2.31. The molecule has 124 valence electrons. The van der Waals surface area contributed by atoms with Crippen molar-refractivity contribution < 1.29 is 9.90 Å². The lowest BCUT2D eigenvalue weighted by atomic mass is 10.1. The van der Waals surface area contributed by atoms with E-state index in [1.54, 1.807) is 0 Å². The molecule has 0 saturated carbocycles. The largest absolute Gasteiger partial charge is 0.369 e. The van der Waals surface area contributed by atoms with E-state index in [4.69, 9.17) is 23.2 Å². The molecule has 0 aliphatic carbocycles. The smallest absolute Gasteiger partial charge is 0.269 e. The summed E-state index contributed by atoms with van der Waals surface area (Å²) in [4.78, 5) is 15.5. The maximum absolute atomic E-state index is 12.0. The molecule has 2 aliphatic heterocycles. The van der Waals surface area contributed by atoms with Gasteiger partial charge in [-0.25, -0.2) is 3.11 Å². The minimum Gasteiger partial charge on any atom is -0.369 e. The number of halogens is 3. The van der Waals surface area contributed by atoms with Gasteiger partial charge in [0, 0.05) is 61.3 Å². The molecule has 0 radical (unpaired) electrons. The van der Waals surface area contributed by atoms with E-state index in [1.807, 2.05) is 24.3 Å². The van der Waals surface area contributed by atoms with Crippen molar-refractivity contribution >= 4 is 57.7 Å². The minimum absolute atomic E-state index is 0.00930. The van der Waals surface area contributed by atoms with Crippen molar-refractivity contribution in [2.24, 2.45) is 0 Å². The van der Waals surface area contributed by atoms with Crippen molar-refractivity contribution in [3.05, 3.63) is 39.9 Å². The van der Waals surface area contributed by atoms with Crippen molar-refractivity contribution in [1.29, 1.82) is 0 Å². The first-order chi connectivity index (χ1) is 11.0. The van der Waals surface area contributed by atoms with Gasteiger partial charge in [-0.15, -0.1) is 0 Å². The Labute approximate surface area is 158 Å². The van der Waals surface area contributed by atoms with E-state index in [-0.39, 0.29) is 16.6 Å². The molecular formula is C15H16Cl2IN3O2. The second-order valence-corrected chi connectivity index (χ2v) is 7.68. The van der Waals surface area contributed by atoms with Crippen molar-refractivity contribution in [3.8, 4) is 0 Å². The molecule has 5 nitrogen and oxygen atoms in total. The van der Waals surface area contributed by atoms with Gasteiger partial charge in [-0.05, 0) is 17.7 Å². The molecule has 23 heavy (non-hydrogen) atoms. The second-order valence-electron chi connectivity index (χ2n) is 5.53. The number of rotatable bonds is 3. The van der Waals surface area contributed by atoms with Crippen LogP contribution in [0.5, 0.6) is 0 Å². The van der Waals surface area contributed by atoms with E-state index < -0.39 is 12.1 Å². The quantitative estimate of drug-likeness (QED) is 0.548. The van der Waals surface area contributed by atoms with Gasteiger partial charge in [-0.1, -0.05) is 35.3 Å². The van der Waals surface area contributed by atoms with Gasteiger partial charge in [0.05, 0.1) is 5.03 Å². The van der Waals surface area contributed by atoms with Gasteiger partial charge < -0.3 is 14.9 Å². The normalized spacial score (nSPS) is 23.1. The predicted octanol–water partition coefficient (Wildman–Crippen LogP) is 2.51. The molecule has 3 rings (SSSR count). The summed E-state index contributed by atoms with van der Waals surface area (Å²) in [6, 6.07) is 8.02. The molecule has 8 heteroatoms. The zero-order valence-corrected chi connectivity index (χ0v) is 15.9. The molecule has 1 saturated heterocycles. The molecule has 1 aromatic carbocycles. The molecule has 0 bridgehead atoms. The van der Waals surface area contributed by atoms with Crippen LogP contribution >= 0.6 is 46.1 Å². The Morgan fingerprint density at radius 2 is 1.74 bits per heavy atom. The lowest BCUT2D eigenvalue weighted by molar-refractivity contribution is -0.132. The number of hydrogen-bond donors (Lipinski definition) is 1. The van der Waals surface area contributed by atoms with E-state index >= 15 is 0 Å². The molecule has 2 heterocycles. The number of anilines is 1. The number of benzene rings is 1. The molecule has 0 aromatic heterocycles. The standard InChI is InChI=1S/C15H16Cl2IN3O2/c16-12-13(17)15(23)21(14(12)22)9-10-1-3-11(4-2-10)19-5-7-20(18)8-6-19/h1-4,14,22H,5-9H2. The van der Waals surface area contributed by atoms with Crippen LogP contribution in [0.15, 0.2) is 34.3 Å². The van der Waals surface area contributed by atoms with Crippen LogP contribution in [0.1, 0.15) is 5.56 Å². The maximum Gasteiger partial charge on any atom is 0.269 e. The fraction of sp³-hybridized carbons (Fsp3) is 0.400. The second kappa shape index (κ2) is 7.14. The van der Waals surface area contributed by atoms with Gasteiger partial charge in [0.15, 0.2) is 6.23 Å². The van der Waals surface area contributed by atoms with Gasteiger partial charge in [0.2, 0.25) is 0 Å². The number of amides is 1. The van der Waals surface area contributed by atoms with Crippen molar-refractivity contribution in [1.82, 2.24) is 8.01 Å². The van der Waals surface area contributed by atoms with E-state index in [2.05, 4.69) is 30.9 Å². The molecule has 2 aliphatic rings. The Morgan fingerprint density at radius 1 is 1.13 bits per heavy atom. The first kappa shape index (κ1) is 17.3. The third kappa shape index (κ3) is 3.61. The average Bonchev–Trinajstić information content (AvgIpc) is 2.74. The van der Waals surface area contributed by atoms with E-state index in [0.29, 0.717) is 0 Å². The number of piperazine rings is 1. The van der Waals surface area contributed by atoms with Gasteiger partial charge in [-0.3, -0.25) is 4.79 Å². The van der Waals surface area contributed by atoms with E-state index in [0.717, 1.165) is 31.7 Å². The summed E-state index contributed by atoms with van der Waals surface area (Å²) in [5.41, 5.74) is 2.09. The predicted molar refractivity (Wildman–Crippen MR) is 99.5 cm³/mol. The number of aliphatic hydroxyl groups is 1. The maximum atomic E-state index is 12.0. The Morgan fingerprint density at radius 3 is 2.26 bits per heavy atom. The molecule has 1 amide bonds. The molecule has 0 spiro atoms. The SMILES string of the molecule is O=C1C(Cl)=C(Cl)C(O)N1Cc1ccc(N2CCN(I)CC2)cc1. The minimum atomic E-state index is -1.16. The summed E-state index contributed by atoms with van der Waals surface area (Å²) >= 11 is 14.0. The summed E-state index contributed by atoms with van der Waals surface area (Å²) in [7, 11) is 0. The van der Waals surface area contributed by atoms with Crippen LogP contribution in [-0.4, -0.2) is 51.4 Å². The zero-order valence-electron chi connectivity index (χ0n) is 12.3. The number of aliphatic hydroxyl groups excluding tert-OH is 1. The van der Waals surface area contributed by atoms with Crippen LogP contribution in [0.4, 0.5) is 5.69 Å². The van der Waals surface area contributed by atoms with Crippen molar-refractivity contribution in [2.75, 3.05) is 31.1 Å². The lowest BCUT2D eigenvalue weighted by Crippen LogP contribution is -2.42. The third-order valence-corrected chi connectivity index (χ3v) is 5.87. The molecule has 1 atom stereocenters. The van der Waals surface area contributed by atoms with E-state index in [9.17, 15) is 9.90 Å². The number of carbonyl (C=O) groups excluding carboxylic acids is 1. The van der Waals surface area contributed by atoms with Crippen LogP contribution in [0.2, 0.25) is 0 Å². The molecule has 1 aromatic rings. The molecule has 1 N–H and O–H groups in total. The van der Waals surface area contributed by atoms with Crippen molar-refractivity contribution in [2.45, 2.75) is 12.8 Å². The summed E-state index contributed by atoms with van der Waals surface area (Å²) < 4.78 is 2.28. The van der Waals surface area contributed by atoms with Gasteiger partial charge >= 0.3 is 0 Å². The summed E-state index contributed by atoms with van der Waals surface area (Å²) in [5.74, 6) is -0.439. The van der Waals surface area contributed by atoms with Crippen LogP contribution in [-0.2, 0) is 11.3 Å². The Hall–Kier alpha value is -0.540. The first-order valence-corrected chi connectivity index (χ1v) is 8.98. The summed E-state index contributed by atoms with van der Waals surface area (Å²) in [6.45, 7) is 4.36. The average molecular weight is 468 g/mol. The number of carbonyl (C=O) groups is 1. The Bertz CT molecular complexity index is 630. The molecule has 1 unspecified atom stereocenters. The van der Waals surface area contributed by atoms with Crippen molar-refractivity contribution in [3.63, 3.8) is 0 Å². The zero-order chi connectivity index (χ0) is 16.6. The van der Waals surface area contributed by atoms with Gasteiger partial charge in [0.25, 0.3) is 5.91 Å². The first-order valence-electron chi connectivity index (χ1n) is 7.26. The summed E-state index contributed by atoms with van der Waals surface area (Å²) in [5, 5.41) is 9.85. The van der Waals surface area contributed by atoms with Crippen LogP contribution in [0.3, 0.4) is 0 Å². The van der Waals surface area contributed by atoms with Gasteiger partial charge in [0.1, 0.15) is 5.03 Å². The molecular weight excluding hydrogens is 452 g/mol. The monoisotopic (exact) mass is 467 g/mol.